The smallest absolute Gasteiger partial charge is 0.208 e. The fourth-order valence-corrected chi connectivity index (χ4v) is 8.51. The molecule has 1 atom stereocenters. The molecule has 4 aliphatic rings. The maximum Gasteiger partial charge on any atom is 0.241 e. The van der Waals surface area contributed by atoms with Crippen LogP contribution in [0.4, 0.5) is 0 Å². The average Bonchev–Trinajstić information content (AvgIpc) is 2.43. The summed E-state index contributed by atoms with van der Waals surface area (Å²) in [6.07, 6.45) is 7.80. The van der Waals surface area contributed by atoms with Gasteiger partial charge in [-0.15, -0.1) is 0 Å². The molecule has 1 unspecified atom stereocenters. The van der Waals surface area contributed by atoms with E-state index in [0.29, 0.717) is 4.90 Å². The van der Waals surface area contributed by atoms with Gasteiger partial charge in [0, 0.05) is 6.04 Å². The molecule has 25 heavy (non-hydrogen) atoms. The van der Waals surface area contributed by atoms with Gasteiger partial charge >= 0.3 is 0 Å². The lowest BCUT2D eigenvalue weighted by molar-refractivity contribution is -0.0666. The van der Waals surface area contributed by atoms with Crippen molar-refractivity contribution < 1.29 is 8.42 Å². The number of nitrogens with one attached hydrogen (secondary N) is 1. The molecule has 5 rings (SSSR count). The van der Waals surface area contributed by atoms with E-state index in [1.165, 1.54) is 38.5 Å². The Morgan fingerprint density at radius 2 is 1.40 bits per heavy atom. The van der Waals surface area contributed by atoms with E-state index < -0.39 is 10.0 Å². The Balaban J connectivity index is 1.61. The van der Waals surface area contributed by atoms with E-state index in [1.54, 1.807) is 0 Å². The Hall–Kier alpha value is -0.870. The number of aryl methyl sites for hydroxylation is 3. The van der Waals surface area contributed by atoms with E-state index in [-0.39, 0.29) is 11.5 Å². The third-order valence-corrected chi connectivity index (χ3v) is 9.05. The highest BCUT2D eigenvalue weighted by Crippen LogP contribution is 2.61. The zero-order chi connectivity index (χ0) is 18.0. The molecule has 4 heteroatoms. The highest BCUT2D eigenvalue weighted by Gasteiger charge is 2.53. The third-order valence-electron chi connectivity index (χ3n) is 7.21. The molecule has 4 bridgehead atoms. The molecule has 0 aromatic heterocycles. The Labute approximate surface area is 152 Å². The molecule has 1 aromatic carbocycles. The zero-order valence-corrected chi connectivity index (χ0v) is 16.7. The fraction of sp³-hybridized carbons (Fsp3) is 0.714. The summed E-state index contributed by atoms with van der Waals surface area (Å²) in [4.78, 5) is 0.481. The molecule has 0 aliphatic heterocycles. The van der Waals surface area contributed by atoms with E-state index in [1.807, 2.05) is 32.9 Å². The minimum atomic E-state index is -3.48. The molecule has 0 heterocycles. The molecule has 0 saturated heterocycles. The topological polar surface area (TPSA) is 46.2 Å². The van der Waals surface area contributed by atoms with Crippen molar-refractivity contribution in [3.8, 4) is 0 Å². The first-order chi connectivity index (χ1) is 11.7. The second-order valence-corrected chi connectivity index (χ2v) is 11.0. The first-order valence-electron chi connectivity index (χ1n) is 9.79. The van der Waals surface area contributed by atoms with Crippen LogP contribution < -0.4 is 4.72 Å². The minimum Gasteiger partial charge on any atom is -0.208 e. The Kier molecular flexibility index (Phi) is 4.08. The summed E-state index contributed by atoms with van der Waals surface area (Å²) in [6.45, 7) is 7.94. The molecule has 0 amide bonds. The van der Waals surface area contributed by atoms with Gasteiger partial charge in [0.25, 0.3) is 0 Å². The Morgan fingerprint density at radius 3 is 1.84 bits per heavy atom. The van der Waals surface area contributed by atoms with Gasteiger partial charge in [0.05, 0.1) is 4.90 Å². The van der Waals surface area contributed by atoms with Crippen molar-refractivity contribution in [1.29, 1.82) is 0 Å². The van der Waals surface area contributed by atoms with Crippen LogP contribution >= 0.6 is 0 Å². The molecule has 4 fully saturated rings. The first-order valence-corrected chi connectivity index (χ1v) is 11.3. The van der Waals surface area contributed by atoms with Gasteiger partial charge in [-0.3, -0.25) is 0 Å². The molecule has 4 saturated carbocycles. The second-order valence-electron chi connectivity index (χ2n) is 9.35. The van der Waals surface area contributed by atoms with Gasteiger partial charge in [-0.1, -0.05) is 17.7 Å². The van der Waals surface area contributed by atoms with Crippen molar-refractivity contribution >= 4 is 10.0 Å². The summed E-state index contributed by atoms with van der Waals surface area (Å²) >= 11 is 0. The summed E-state index contributed by atoms with van der Waals surface area (Å²) in [5, 5.41) is 0. The van der Waals surface area contributed by atoms with E-state index in [9.17, 15) is 8.42 Å². The van der Waals surface area contributed by atoms with Gasteiger partial charge in [-0.05, 0) is 101 Å². The number of hydrogen-bond donors (Lipinski definition) is 1. The van der Waals surface area contributed by atoms with Crippen molar-refractivity contribution in [3.63, 3.8) is 0 Å². The molecular formula is C21H31NO2S. The largest absolute Gasteiger partial charge is 0.241 e. The SMILES string of the molecule is Cc1cc(C)c(S(=O)(=O)NC(C)C23CC4CC(CC(C4)C2)C3)c(C)c1. The van der Waals surface area contributed by atoms with Crippen molar-refractivity contribution in [2.45, 2.75) is 77.2 Å². The van der Waals surface area contributed by atoms with Crippen LogP contribution in [-0.2, 0) is 10.0 Å². The van der Waals surface area contributed by atoms with Crippen LogP contribution in [0.2, 0.25) is 0 Å². The summed E-state index contributed by atoms with van der Waals surface area (Å²) in [5.41, 5.74) is 3.00. The number of rotatable bonds is 4. The molecule has 3 nitrogen and oxygen atoms in total. The van der Waals surface area contributed by atoms with Crippen LogP contribution in [0.3, 0.4) is 0 Å². The van der Waals surface area contributed by atoms with E-state index in [4.69, 9.17) is 0 Å². The maximum atomic E-state index is 13.2. The van der Waals surface area contributed by atoms with Gasteiger partial charge in [0.2, 0.25) is 10.0 Å². The van der Waals surface area contributed by atoms with E-state index >= 15 is 0 Å². The molecule has 4 aliphatic carbocycles. The lowest BCUT2D eigenvalue weighted by atomic mass is 9.48. The summed E-state index contributed by atoms with van der Waals surface area (Å²) < 4.78 is 29.5. The van der Waals surface area contributed by atoms with Crippen LogP contribution in [0.15, 0.2) is 17.0 Å². The fourth-order valence-electron chi connectivity index (χ4n) is 6.72. The lowest BCUT2D eigenvalue weighted by Crippen LogP contribution is -2.55. The van der Waals surface area contributed by atoms with Gasteiger partial charge in [-0.25, -0.2) is 13.1 Å². The van der Waals surface area contributed by atoms with Crippen molar-refractivity contribution in [1.82, 2.24) is 4.72 Å². The predicted molar refractivity (Wildman–Crippen MR) is 101 cm³/mol. The zero-order valence-electron chi connectivity index (χ0n) is 15.9. The van der Waals surface area contributed by atoms with Crippen LogP contribution in [0.25, 0.3) is 0 Å². The van der Waals surface area contributed by atoms with Gasteiger partial charge < -0.3 is 0 Å². The van der Waals surface area contributed by atoms with Crippen LogP contribution in [0.1, 0.15) is 62.1 Å². The van der Waals surface area contributed by atoms with E-state index in [0.717, 1.165) is 34.4 Å². The van der Waals surface area contributed by atoms with Crippen LogP contribution in [0, 0.1) is 43.9 Å². The molecule has 1 aromatic rings. The van der Waals surface area contributed by atoms with Gasteiger partial charge in [0.1, 0.15) is 0 Å². The molecule has 138 valence electrons. The lowest BCUT2D eigenvalue weighted by Gasteiger charge is -2.59. The van der Waals surface area contributed by atoms with Crippen molar-refractivity contribution in [3.05, 3.63) is 28.8 Å². The summed E-state index contributed by atoms with van der Waals surface area (Å²) in [6, 6.07) is 3.96. The predicted octanol–water partition coefficient (Wildman–Crippen LogP) is 4.50. The third kappa shape index (κ3) is 2.95. The molecule has 0 radical (unpaired) electrons. The minimum absolute atomic E-state index is 0.0194. The number of hydrogen-bond acceptors (Lipinski definition) is 2. The van der Waals surface area contributed by atoms with E-state index in [2.05, 4.69) is 11.6 Å². The number of benzene rings is 1. The quantitative estimate of drug-likeness (QED) is 0.858. The van der Waals surface area contributed by atoms with Crippen molar-refractivity contribution in [2.75, 3.05) is 0 Å². The molecule has 0 spiro atoms. The van der Waals surface area contributed by atoms with Gasteiger partial charge in [0.15, 0.2) is 0 Å². The van der Waals surface area contributed by atoms with Crippen LogP contribution in [-0.4, -0.2) is 14.5 Å². The van der Waals surface area contributed by atoms with Gasteiger partial charge in [-0.2, -0.15) is 0 Å². The second kappa shape index (κ2) is 5.82. The normalized spacial score (nSPS) is 35.1. The first kappa shape index (κ1) is 17.5. The standard InChI is InChI=1S/C21H31NO2S/c1-13-5-14(2)20(15(3)6-13)25(23,24)22-16(4)21-10-17-7-18(11-21)9-19(8-17)12-21/h5-6,16-19,22H,7-12H2,1-4H3. The monoisotopic (exact) mass is 361 g/mol. The summed E-state index contributed by atoms with van der Waals surface area (Å²) in [5.74, 6) is 2.50. The molecule has 1 N–H and O–H groups in total. The average molecular weight is 362 g/mol. The Bertz CT molecular complexity index is 738. The summed E-state index contributed by atoms with van der Waals surface area (Å²) in [7, 11) is -3.48. The highest BCUT2D eigenvalue weighted by molar-refractivity contribution is 7.89. The Morgan fingerprint density at radius 1 is 0.960 bits per heavy atom. The maximum absolute atomic E-state index is 13.2. The van der Waals surface area contributed by atoms with Crippen molar-refractivity contribution in [2.24, 2.45) is 23.2 Å². The highest BCUT2D eigenvalue weighted by atomic mass is 32.2. The molecular weight excluding hydrogens is 330 g/mol. The van der Waals surface area contributed by atoms with Crippen LogP contribution in [0.5, 0.6) is 0 Å². The number of sulfonamides is 1.